The fourth-order valence-electron chi connectivity index (χ4n) is 1.45. The van der Waals surface area contributed by atoms with Crippen molar-refractivity contribution < 1.29 is 20.1 Å². The molecule has 0 bridgehead atoms. The highest BCUT2D eigenvalue weighted by atomic mass is 16.4. The first-order valence-corrected chi connectivity index (χ1v) is 3.99. The zero-order chi connectivity index (χ0) is 9.94. The zero-order valence-corrected chi connectivity index (χ0v) is 7.61. The average Bonchev–Trinajstić information content (AvgIpc) is 1.86. The van der Waals surface area contributed by atoms with Crippen molar-refractivity contribution in [3.8, 4) is 0 Å². The third-order valence-electron chi connectivity index (χ3n) is 2.47. The lowest BCUT2D eigenvalue weighted by atomic mass is 9.76. The minimum Gasteiger partial charge on any atom is -0.481 e. The Hall–Kier alpha value is -0.610. The van der Waals surface area contributed by atoms with Crippen LogP contribution in [0.15, 0.2) is 0 Å². The van der Waals surface area contributed by atoms with Crippen molar-refractivity contribution in [1.82, 2.24) is 0 Å². The zero-order valence-electron chi connectivity index (χ0n) is 7.61. The maximum atomic E-state index is 10.8. The summed E-state index contributed by atoms with van der Waals surface area (Å²) < 4.78 is 0. The quantitative estimate of drug-likeness (QED) is 0.573. The average molecular weight is 176 g/mol. The van der Waals surface area contributed by atoms with E-state index in [1.165, 1.54) is 13.8 Å². The summed E-state index contributed by atoms with van der Waals surface area (Å²) >= 11 is 0. The first-order chi connectivity index (χ1) is 5.39. The molecule has 0 fully saturated rings. The fraction of sp³-hybridized carbons (Fsp3) is 0.875. The molecule has 3 N–H and O–H groups in total. The second-order valence-electron chi connectivity index (χ2n) is 3.05. The summed E-state index contributed by atoms with van der Waals surface area (Å²) in [6, 6.07) is 0. The molecular weight excluding hydrogens is 160 g/mol. The third kappa shape index (κ3) is 1.59. The number of aliphatic hydroxyl groups is 2. The standard InChI is InChI=1S/C8H16O4/c1-4-8(5(2)9,6(3)10)7(11)12/h5-6,9-10H,4H2,1-3H3,(H,11,12). The SMILES string of the molecule is CCC(C(=O)O)(C(C)O)C(C)O. The number of carboxylic acid groups (broad SMARTS) is 1. The van der Waals surface area contributed by atoms with Gasteiger partial charge in [0, 0.05) is 0 Å². The van der Waals surface area contributed by atoms with Crippen LogP contribution < -0.4 is 0 Å². The van der Waals surface area contributed by atoms with Gasteiger partial charge < -0.3 is 15.3 Å². The van der Waals surface area contributed by atoms with Crippen molar-refractivity contribution in [2.75, 3.05) is 0 Å². The van der Waals surface area contributed by atoms with E-state index in [2.05, 4.69) is 0 Å². The predicted molar refractivity (Wildman–Crippen MR) is 43.7 cm³/mol. The third-order valence-corrected chi connectivity index (χ3v) is 2.47. The Morgan fingerprint density at radius 3 is 1.67 bits per heavy atom. The molecule has 4 nitrogen and oxygen atoms in total. The maximum absolute atomic E-state index is 10.8. The van der Waals surface area contributed by atoms with Crippen LogP contribution in [-0.4, -0.2) is 33.5 Å². The van der Waals surface area contributed by atoms with E-state index in [4.69, 9.17) is 5.11 Å². The Labute approximate surface area is 71.8 Å². The molecule has 0 heterocycles. The lowest BCUT2D eigenvalue weighted by molar-refractivity contribution is -0.166. The van der Waals surface area contributed by atoms with Crippen LogP contribution in [0.2, 0.25) is 0 Å². The summed E-state index contributed by atoms with van der Waals surface area (Å²) in [5.41, 5.74) is -1.43. The van der Waals surface area contributed by atoms with Crippen molar-refractivity contribution >= 4 is 5.97 Å². The Morgan fingerprint density at radius 2 is 1.67 bits per heavy atom. The summed E-state index contributed by atoms with van der Waals surface area (Å²) in [5, 5.41) is 27.4. The van der Waals surface area contributed by atoms with Gasteiger partial charge in [-0.05, 0) is 20.3 Å². The molecule has 0 amide bonds. The van der Waals surface area contributed by atoms with Crippen LogP contribution in [-0.2, 0) is 4.79 Å². The molecule has 2 unspecified atom stereocenters. The number of carboxylic acids is 1. The fourth-order valence-corrected chi connectivity index (χ4v) is 1.45. The molecular formula is C8H16O4. The van der Waals surface area contributed by atoms with Gasteiger partial charge >= 0.3 is 5.97 Å². The smallest absolute Gasteiger partial charge is 0.314 e. The van der Waals surface area contributed by atoms with Gasteiger partial charge in [0.2, 0.25) is 0 Å². The molecule has 0 aliphatic heterocycles. The van der Waals surface area contributed by atoms with Gasteiger partial charge in [0.25, 0.3) is 0 Å². The number of aliphatic hydroxyl groups excluding tert-OH is 2. The number of hydrogen-bond donors (Lipinski definition) is 3. The molecule has 0 aliphatic carbocycles. The van der Waals surface area contributed by atoms with Crippen molar-refractivity contribution in [1.29, 1.82) is 0 Å². The first-order valence-electron chi connectivity index (χ1n) is 3.99. The van der Waals surface area contributed by atoms with Crippen LogP contribution in [0.5, 0.6) is 0 Å². The highest BCUT2D eigenvalue weighted by Crippen LogP contribution is 2.31. The number of rotatable bonds is 4. The largest absolute Gasteiger partial charge is 0.481 e. The summed E-state index contributed by atoms with van der Waals surface area (Å²) in [4.78, 5) is 10.8. The van der Waals surface area contributed by atoms with Gasteiger partial charge in [-0.2, -0.15) is 0 Å². The summed E-state index contributed by atoms with van der Waals surface area (Å²) in [6.07, 6.45) is -1.91. The minimum absolute atomic E-state index is 0.206. The summed E-state index contributed by atoms with van der Waals surface area (Å²) in [5.74, 6) is -1.16. The van der Waals surface area contributed by atoms with Crippen LogP contribution in [0.1, 0.15) is 27.2 Å². The molecule has 0 aliphatic rings. The van der Waals surface area contributed by atoms with Crippen LogP contribution in [0.3, 0.4) is 0 Å². The second kappa shape index (κ2) is 3.87. The van der Waals surface area contributed by atoms with Gasteiger partial charge in [0.15, 0.2) is 0 Å². The molecule has 0 aromatic carbocycles. The Bertz CT molecular complexity index is 154. The predicted octanol–water partition coefficient (Wildman–Crippen LogP) is 0.229. The lowest BCUT2D eigenvalue weighted by Crippen LogP contribution is -2.48. The van der Waals surface area contributed by atoms with Crippen LogP contribution in [0.25, 0.3) is 0 Å². The molecule has 12 heavy (non-hydrogen) atoms. The maximum Gasteiger partial charge on any atom is 0.314 e. The van der Waals surface area contributed by atoms with Gasteiger partial charge in [-0.15, -0.1) is 0 Å². The molecule has 0 radical (unpaired) electrons. The van der Waals surface area contributed by atoms with Crippen LogP contribution in [0.4, 0.5) is 0 Å². The molecule has 4 heteroatoms. The highest BCUT2D eigenvalue weighted by Gasteiger charge is 2.45. The molecule has 0 saturated heterocycles. The van der Waals surface area contributed by atoms with E-state index >= 15 is 0 Å². The Balaban J connectivity index is 4.90. The van der Waals surface area contributed by atoms with Crippen molar-refractivity contribution in [2.45, 2.75) is 39.4 Å². The van der Waals surface area contributed by atoms with E-state index in [0.29, 0.717) is 0 Å². The molecule has 0 aromatic heterocycles. The van der Waals surface area contributed by atoms with E-state index in [0.717, 1.165) is 0 Å². The minimum atomic E-state index is -1.43. The number of carbonyl (C=O) groups is 1. The number of aliphatic carboxylic acids is 1. The van der Waals surface area contributed by atoms with E-state index < -0.39 is 23.6 Å². The van der Waals surface area contributed by atoms with Crippen molar-refractivity contribution in [3.63, 3.8) is 0 Å². The Kier molecular flexibility index (Phi) is 3.67. The van der Waals surface area contributed by atoms with E-state index in [1.54, 1.807) is 6.92 Å². The van der Waals surface area contributed by atoms with Gasteiger partial charge in [0.05, 0.1) is 12.2 Å². The molecule has 72 valence electrons. The molecule has 0 aromatic rings. The van der Waals surface area contributed by atoms with Crippen molar-refractivity contribution in [3.05, 3.63) is 0 Å². The molecule has 0 rings (SSSR count). The normalized spacial score (nSPS) is 21.1. The molecule has 0 saturated carbocycles. The van der Waals surface area contributed by atoms with Crippen LogP contribution in [0, 0.1) is 5.41 Å². The first kappa shape index (κ1) is 11.4. The summed E-state index contributed by atoms with van der Waals surface area (Å²) in [6.45, 7) is 4.39. The molecule has 2 atom stereocenters. The number of hydrogen-bond acceptors (Lipinski definition) is 3. The van der Waals surface area contributed by atoms with Gasteiger partial charge in [-0.25, -0.2) is 0 Å². The van der Waals surface area contributed by atoms with Gasteiger partial charge in [-0.1, -0.05) is 6.92 Å². The van der Waals surface area contributed by atoms with Gasteiger partial charge in [-0.3, -0.25) is 4.79 Å². The molecule has 0 spiro atoms. The van der Waals surface area contributed by atoms with E-state index in [-0.39, 0.29) is 6.42 Å². The Morgan fingerprint density at radius 1 is 1.33 bits per heavy atom. The lowest BCUT2D eigenvalue weighted by Gasteiger charge is -2.33. The topological polar surface area (TPSA) is 77.8 Å². The monoisotopic (exact) mass is 176 g/mol. The highest BCUT2D eigenvalue weighted by molar-refractivity contribution is 5.76. The van der Waals surface area contributed by atoms with E-state index in [1.807, 2.05) is 0 Å². The second-order valence-corrected chi connectivity index (χ2v) is 3.05. The van der Waals surface area contributed by atoms with Crippen LogP contribution >= 0.6 is 0 Å². The summed E-state index contributed by atoms with van der Waals surface area (Å²) in [7, 11) is 0. The van der Waals surface area contributed by atoms with Gasteiger partial charge in [0.1, 0.15) is 5.41 Å². The van der Waals surface area contributed by atoms with Crippen molar-refractivity contribution in [2.24, 2.45) is 5.41 Å². The van der Waals surface area contributed by atoms with E-state index in [9.17, 15) is 15.0 Å².